The van der Waals surface area contributed by atoms with E-state index in [-0.39, 0.29) is 18.7 Å². The Bertz CT molecular complexity index is 849. The number of nitrogens with zero attached hydrogens (tertiary/aromatic N) is 1. The summed E-state index contributed by atoms with van der Waals surface area (Å²) >= 11 is 5.77. The fourth-order valence-corrected chi connectivity index (χ4v) is 3.02. The predicted molar refractivity (Wildman–Crippen MR) is 91.0 cm³/mol. The highest BCUT2D eigenvalue weighted by molar-refractivity contribution is 6.33. The summed E-state index contributed by atoms with van der Waals surface area (Å²) in [5, 5.41) is 8.61. The normalized spacial score (nSPS) is 13.4. The van der Waals surface area contributed by atoms with E-state index in [0.29, 0.717) is 16.5 Å². The van der Waals surface area contributed by atoms with Crippen molar-refractivity contribution in [3.63, 3.8) is 0 Å². The standard InChI is InChI=1S/C18H13ClF9NO/c19-13-8-12(16(30,17(23,24)25)18(26,27)28)6-7-14(13)29(10-15(20,21)22)9-11-4-2-1-3-5-11/h1-8,30H,9-10H2. The molecule has 0 saturated carbocycles. The number of benzene rings is 2. The molecule has 2 nitrogen and oxygen atoms in total. The molecule has 166 valence electrons. The third-order valence-electron chi connectivity index (χ3n) is 4.11. The molecular weight excluding hydrogens is 453 g/mol. The zero-order chi connectivity index (χ0) is 23.0. The molecular formula is C18H13ClF9NO. The monoisotopic (exact) mass is 465 g/mol. The van der Waals surface area contributed by atoms with Crippen LogP contribution in [-0.4, -0.2) is 30.2 Å². The lowest BCUT2D eigenvalue weighted by atomic mass is 9.92. The zero-order valence-electron chi connectivity index (χ0n) is 14.7. The summed E-state index contributed by atoms with van der Waals surface area (Å²) in [6, 6.07) is 8.64. The smallest absolute Gasteiger partial charge is 0.369 e. The van der Waals surface area contributed by atoms with Crippen LogP contribution in [0.5, 0.6) is 0 Å². The van der Waals surface area contributed by atoms with Crippen molar-refractivity contribution in [2.75, 3.05) is 11.4 Å². The molecule has 2 aromatic carbocycles. The van der Waals surface area contributed by atoms with E-state index in [9.17, 15) is 44.6 Å². The maximum Gasteiger partial charge on any atom is 0.430 e. The Kier molecular flexibility index (Phi) is 6.58. The van der Waals surface area contributed by atoms with Crippen molar-refractivity contribution in [2.45, 2.75) is 30.7 Å². The highest BCUT2D eigenvalue weighted by Gasteiger charge is 2.71. The third kappa shape index (κ3) is 5.12. The number of hydrogen-bond donors (Lipinski definition) is 1. The zero-order valence-corrected chi connectivity index (χ0v) is 15.5. The van der Waals surface area contributed by atoms with Crippen LogP contribution in [-0.2, 0) is 12.1 Å². The van der Waals surface area contributed by atoms with E-state index in [2.05, 4.69) is 0 Å². The first-order valence-electron chi connectivity index (χ1n) is 8.08. The molecule has 0 spiro atoms. The third-order valence-corrected chi connectivity index (χ3v) is 4.42. The van der Waals surface area contributed by atoms with E-state index in [1.807, 2.05) is 0 Å². The lowest BCUT2D eigenvalue weighted by Crippen LogP contribution is -2.53. The van der Waals surface area contributed by atoms with Gasteiger partial charge in [0, 0.05) is 12.1 Å². The number of hydrogen-bond acceptors (Lipinski definition) is 2. The Morgan fingerprint density at radius 1 is 0.800 bits per heavy atom. The lowest BCUT2D eigenvalue weighted by Gasteiger charge is -2.33. The molecule has 0 aliphatic rings. The highest BCUT2D eigenvalue weighted by Crippen LogP contribution is 2.51. The van der Waals surface area contributed by atoms with Crippen molar-refractivity contribution in [3.8, 4) is 0 Å². The van der Waals surface area contributed by atoms with Gasteiger partial charge >= 0.3 is 18.5 Å². The van der Waals surface area contributed by atoms with Gasteiger partial charge in [-0.25, -0.2) is 0 Å². The van der Waals surface area contributed by atoms with Crippen LogP contribution < -0.4 is 4.90 Å². The quantitative estimate of drug-likeness (QED) is 0.530. The summed E-state index contributed by atoms with van der Waals surface area (Å²) in [6.45, 7) is -1.94. The van der Waals surface area contributed by atoms with Crippen LogP contribution >= 0.6 is 11.6 Å². The van der Waals surface area contributed by atoms with E-state index >= 15 is 0 Å². The Balaban J connectivity index is 2.52. The van der Waals surface area contributed by atoms with Gasteiger partial charge in [-0.15, -0.1) is 0 Å². The van der Waals surface area contributed by atoms with Crippen molar-refractivity contribution >= 4 is 17.3 Å². The topological polar surface area (TPSA) is 23.5 Å². The van der Waals surface area contributed by atoms with Gasteiger partial charge in [0.1, 0.15) is 6.54 Å². The SMILES string of the molecule is OC(c1ccc(N(Cc2ccccc2)CC(F)(F)F)c(Cl)c1)(C(F)(F)F)C(F)(F)F. The molecule has 0 fully saturated rings. The van der Waals surface area contributed by atoms with Gasteiger partial charge < -0.3 is 10.0 Å². The van der Waals surface area contributed by atoms with E-state index in [4.69, 9.17) is 11.6 Å². The van der Waals surface area contributed by atoms with Gasteiger partial charge in [0.05, 0.1) is 10.7 Å². The predicted octanol–water partition coefficient (Wildman–Crippen LogP) is 6.22. The van der Waals surface area contributed by atoms with Crippen molar-refractivity contribution < 1.29 is 44.6 Å². The lowest BCUT2D eigenvalue weighted by molar-refractivity contribution is -0.376. The van der Waals surface area contributed by atoms with Gasteiger partial charge in [-0.2, -0.15) is 39.5 Å². The molecule has 0 bridgehead atoms. The largest absolute Gasteiger partial charge is 0.430 e. The second-order valence-corrected chi connectivity index (χ2v) is 6.74. The molecule has 0 atom stereocenters. The van der Waals surface area contributed by atoms with Crippen LogP contribution in [0.15, 0.2) is 48.5 Å². The summed E-state index contributed by atoms with van der Waals surface area (Å²) < 4.78 is 117. The van der Waals surface area contributed by atoms with Crippen LogP contribution in [0.25, 0.3) is 0 Å². The molecule has 0 saturated heterocycles. The number of rotatable bonds is 5. The Morgan fingerprint density at radius 2 is 1.33 bits per heavy atom. The summed E-state index contributed by atoms with van der Waals surface area (Å²) in [6.07, 6.45) is -17.0. The molecule has 0 radical (unpaired) electrons. The van der Waals surface area contributed by atoms with Crippen LogP contribution in [0.1, 0.15) is 11.1 Å². The van der Waals surface area contributed by atoms with Crippen molar-refractivity contribution in [3.05, 3.63) is 64.7 Å². The van der Waals surface area contributed by atoms with Crippen LogP contribution in [0.4, 0.5) is 45.2 Å². The molecule has 1 N–H and O–H groups in total. The molecule has 12 heteroatoms. The maximum absolute atomic E-state index is 13.0. The van der Waals surface area contributed by atoms with Crippen LogP contribution in [0.3, 0.4) is 0 Å². The molecule has 2 aromatic rings. The van der Waals surface area contributed by atoms with E-state index in [1.165, 1.54) is 12.1 Å². The summed E-state index contributed by atoms with van der Waals surface area (Å²) in [4.78, 5) is 0.654. The average molecular weight is 466 g/mol. The van der Waals surface area contributed by atoms with Crippen molar-refractivity contribution in [2.24, 2.45) is 0 Å². The molecule has 0 aliphatic heterocycles. The molecule has 0 aliphatic carbocycles. The van der Waals surface area contributed by atoms with Gasteiger partial charge in [-0.3, -0.25) is 0 Å². The molecule has 0 amide bonds. The molecule has 0 unspecified atom stereocenters. The molecule has 30 heavy (non-hydrogen) atoms. The minimum absolute atomic E-state index is 0.159. The van der Waals surface area contributed by atoms with Gasteiger partial charge in [0.25, 0.3) is 5.60 Å². The maximum atomic E-state index is 13.0. The average Bonchev–Trinajstić information content (AvgIpc) is 2.58. The number of aliphatic hydroxyl groups is 1. The van der Waals surface area contributed by atoms with Crippen LogP contribution in [0, 0.1) is 0 Å². The first-order valence-corrected chi connectivity index (χ1v) is 8.45. The molecule has 0 aromatic heterocycles. The first kappa shape index (κ1) is 24.1. The van der Waals surface area contributed by atoms with Gasteiger partial charge in [-0.1, -0.05) is 48.0 Å². The fraction of sp³-hybridized carbons (Fsp3) is 0.333. The first-order chi connectivity index (χ1) is 13.6. The summed E-state index contributed by atoms with van der Waals surface area (Å²) in [5.74, 6) is 0. The Morgan fingerprint density at radius 3 is 1.77 bits per heavy atom. The second-order valence-electron chi connectivity index (χ2n) is 6.33. The minimum atomic E-state index is -6.15. The van der Waals surface area contributed by atoms with Crippen molar-refractivity contribution in [1.82, 2.24) is 0 Å². The van der Waals surface area contributed by atoms with Crippen LogP contribution in [0.2, 0.25) is 5.02 Å². The van der Waals surface area contributed by atoms with E-state index in [0.717, 1.165) is 0 Å². The number of alkyl halides is 9. The number of halogens is 10. The Labute approximate surface area is 169 Å². The van der Waals surface area contributed by atoms with E-state index < -0.39 is 46.9 Å². The fourth-order valence-electron chi connectivity index (χ4n) is 2.72. The minimum Gasteiger partial charge on any atom is -0.369 e. The number of anilines is 1. The Hall–Kier alpha value is -2.14. The second kappa shape index (κ2) is 8.18. The molecule has 0 heterocycles. The van der Waals surface area contributed by atoms with Gasteiger partial charge in [0.2, 0.25) is 0 Å². The van der Waals surface area contributed by atoms with E-state index in [1.54, 1.807) is 18.2 Å². The highest BCUT2D eigenvalue weighted by atomic mass is 35.5. The summed E-state index contributed by atoms with van der Waals surface area (Å²) in [5.41, 5.74) is -6.96. The molecule has 2 rings (SSSR count). The van der Waals surface area contributed by atoms with Crippen molar-refractivity contribution in [1.29, 1.82) is 0 Å². The summed E-state index contributed by atoms with van der Waals surface area (Å²) in [7, 11) is 0. The van der Waals surface area contributed by atoms with Gasteiger partial charge in [-0.05, 0) is 17.7 Å². The van der Waals surface area contributed by atoms with Gasteiger partial charge in [0.15, 0.2) is 0 Å².